The van der Waals surface area contributed by atoms with Gasteiger partial charge in [-0.05, 0) is 0 Å². The molecule has 0 aromatic heterocycles. The zero-order chi connectivity index (χ0) is 17.9. The average Bonchev–Trinajstić information content (AvgIpc) is 2.97. The Morgan fingerprint density at radius 2 is 1.54 bits per heavy atom. The summed E-state index contributed by atoms with van der Waals surface area (Å²) in [6.07, 6.45) is 9.32. The van der Waals surface area contributed by atoms with Crippen LogP contribution in [0.3, 0.4) is 0 Å². The van der Waals surface area contributed by atoms with Gasteiger partial charge in [-0.2, -0.15) is 0 Å². The molecule has 0 unspecified atom stereocenters. The number of methoxy groups -OCH3 is 1. The standard InChI is InChI=1S/C8H15O3.3C4H9.Sn/c1-8(3-4-10-5-8)6-11-7-9-2;3*1-3-4-2;/h5H,3-4,6-7H2,1-2H3;3*1,3-4H2,2H3;/t8-;;;;/m1..../s1. The third kappa shape index (κ3) is 6.44. The molecular formula is C20H42O3Sn. The summed E-state index contributed by atoms with van der Waals surface area (Å²) in [5, 5.41) is 0. The van der Waals surface area contributed by atoms with Crippen LogP contribution in [0.15, 0.2) is 0 Å². The van der Waals surface area contributed by atoms with Gasteiger partial charge in [0, 0.05) is 0 Å². The molecule has 2 atom stereocenters. The van der Waals surface area contributed by atoms with E-state index >= 15 is 0 Å². The number of hydrogen-bond acceptors (Lipinski definition) is 3. The van der Waals surface area contributed by atoms with Crippen molar-refractivity contribution in [2.75, 3.05) is 27.1 Å². The zero-order valence-electron chi connectivity index (χ0n) is 17.0. The molecular weight excluding hydrogens is 407 g/mol. The summed E-state index contributed by atoms with van der Waals surface area (Å²) >= 11 is -2.38. The van der Waals surface area contributed by atoms with Crippen molar-refractivity contribution < 1.29 is 14.2 Å². The topological polar surface area (TPSA) is 27.7 Å². The fraction of sp³-hybridized carbons (Fsp3) is 1.00. The van der Waals surface area contributed by atoms with Gasteiger partial charge >= 0.3 is 155 Å². The van der Waals surface area contributed by atoms with Gasteiger partial charge in [0.25, 0.3) is 0 Å². The van der Waals surface area contributed by atoms with E-state index < -0.39 is 18.4 Å². The number of unbranched alkanes of at least 4 members (excludes halogenated alkanes) is 3. The van der Waals surface area contributed by atoms with Crippen LogP contribution in [-0.4, -0.2) is 49.6 Å². The van der Waals surface area contributed by atoms with Crippen molar-refractivity contribution in [3.63, 3.8) is 0 Å². The van der Waals surface area contributed by atoms with Crippen molar-refractivity contribution in [2.24, 2.45) is 5.41 Å². The van der Waals surface area contributed by atoms with Gasteiger partial charge in [0.05, 0.1) is 0 Å². The Kier molecular flexibility index (Phi) is 11.5. The SMILES string of the molecule is CCC[CH2][Sn]([CH2]CCC)([CH2]CCC)[C@H]1OCC[C@@]1(C)COCOC. The van der Waals surface area contributed by atoms with E-state index in [4.69, 9.17) is 14.2 Å². The second kappa shape index (κ2) is 12.1. The molecule has 3 nitrogen and oxygen atoms in total. The molecule has 0 N–H and O–H groups in total. The molecule has 0 aliphatic carbocycles. The molecule has 0 spiro atoms. The zero-order valence-corrected chi connectivity index (χ0v) is 19.8. The average molecular weight is 449 g/mol. The van der Waals surface area contributed by atoms with Crippen LogP contribution in [0, 0.1) is 5.41 Å². The van der Waals surface area contributed by atoms with Crippen LogP contribution in [0.4, 0.5) is 0 Å². The molecule has 1 saturated heterocycles. The third-order valence-corrected chi connectivity index (χ3v) is 23.1. The van der Waals surface area contributed by atoms with E-state index in [0.717, 1.165) is 19.6 Å². The van der Waals surface area contributed by atoms with Crippen molar-refractivity contribution >= 4 is 18.4 Å². The van der Waals surface area contributed by atoms with Crippen LogP contribution in [-0.2, 0) is 14.2 Å². The van der Waals surface area contributed by atoms with Crippen molar-refractivity contribution in [3.8, 4) is 0 Å². The van der Waals surface area contributed by atoms with Crippen LogP contribution >= 0.6 is 0 Å². The summed E-state index contributed by atoms with van der Waals surface area (Å²) < 4.78 is 22.5. The number of hydrogen-bond donors (Lipinski definition) is 0. The van der Waals surface area contributed by atoms with Crippen LogP contribution < -0.4 is 0 Å². The fourth-order valence-electron chi connectivity index (χ4n) is 4.52. The maximum atomic E-state index is 6.53. The van der Waals surface area contributed by atoms with Gasteiger partial charge in [-0.1, -0.05) is 0 Å². The Bertz CT molecular complexity index is 302. The van der Waals surface area contributed by atoms with Crippen molar-refractivity contribution in [1.29, 1.82) is 0 Å². The van der Waals surface area contributed by atoms with E-state index in [1.807, 2.05) is 0 Å². The monoisotopic (exact) mass is 450 g/mol. The van der Waals surface area contributed by atoms with Crippen LogP contribution in [0.2, 0.25) is 13.3 Å². The Balaban J connectivity index is 2.98. The molecule has 24 heavy (non-hydrogen) atoms. The minimum absolute atomic E-state index is 0.212. The van der Waals surface area contributed by atoms with Gasteiger partial charge < -0.3 is 0 Å². The van der Waals surface area contributed by atoms with E-state index in [-0.39, 0.29) is 5.41 Å². The Labute approximate surface area is 155 Å². The molecule has 1 heterocycles. The molecule has 0 radical (unpaired) electrons. The Morgan fingerprint density at radius 3 is 2.00 bits per heavy atom. The summed E-state index contributed by atoms with van der Waals surface area (Å²) in [5.74, 6) is 0. The second-order valence-corrected chi connectivity index (χ2v) is 21.6. The minimum atomic E-state index is -2.38. The third-order valence-electron chi connectivity index (χ3n) is 5.86. The first-order valence-electron chi connectivity index (χ1n) is 10.3. The number of rotatable bonds is 14. The predicted molar refractivity (Wildman–Crippen MR) is 105 cm³/mol. The van der Waals surface area contributed by atoms with E-state index in [1.54, 1.807) is 7.11 Å². The van der Waals surface area contributed by atoms with Crippen LogP contribution in [0.1, 0.15) is 72.6 Å². The summed E-state index contributed by atoms with van der Waals surface area (Å²) in [6.45, 7) is 11.6. The summed E-state index contributed by atoms with van der Waals surface area (Å²) in [5.41, 5.74) is 0.212. The van der Waals surface area contributed by atoms with Crippen molar-refractivity contribution in [2.45, 2.75) is 90.1 Å². The van der Waals surface area contributed by atoms with Gasteiger partial charge in [0.2, 0.25) is 0 Å². The van der Waals surface area contributed by atoms with Crippen LogP contribution in [0.5, 0.6) is 0 Å². The quantitative estimate of drug-likeness (QED) is 0.191. The molecule has 0 aromatic rings. The van der Waals surface area contributed by atoms with E-state index in [9.17, 15) is 0 Å². The van der Waals surface area contributed by atoms with Gasteiger partial charge in [0.15, 0.2) is 0 Å². The first kappa shape index (κ1) is 22.7. The molecule has 0 amide bonds. The molecule has 0 bridgehead atoms. The van der Waals surface area contributed by atoms with Crippen molar-refractivity contribution in [1.82, 2.24) is 0 Å². The molecule has 1 rings (SSSR count). The maximum absolute atomic E-state index is 6.53. The van der Waals surface area contributed by atoms with Crippen LogP contribution in [0.25, 0.3) is 0 Å². The molecule has 0 saturated carbocycles. The predicted octanol–water partition coefficient (Wildman–Crippen LogP) is 5.79. The van der Waals surface area contributed by atoms with Crippen molar-refractivity contribution in [3.05, 3.63) is 0 Å². The molecule has 1 aliphatic rings. The van der Waals surface area contributed by atoms with E-state index in [0.29, 0.717) is 10.9 Å². The van der Waals surface area contributed by atoms with Gasteiger partial charge in [-0.15, -0.1) is 0 Å². The van der Waals surface area contributed by atoms with E-state index in [1.165, 1.54) is 51.8 Å². The Hall–Kier alpha value is 0.679. The first-order valence-corrected chi connectivity index (χ1v) is 18.0. The first-order chi connectivity index (χ1) is 11.6. The van der Waals surface area contributed by atoms with Gasteiger partial charge in [0.1, 0.15) is 0 Å². The molecule has 1 fully saturated rings. The van der Waals surface area contributed by atoms with Gasteiger partial charge in [-0.25, -0.2) is 0 Å². The molecule has 0 aromatic carbocycles. The summed E-state index contributed by atoms with van der Waals surface area (Å²) in [7, 11) is 1.71. The second-order valence-electron chi connectivity index (χ2n) is 8.08. The molecule has 4 heteroatoms. The number of ether oxygens (including phenoxy) is 3. The Morgan fingerprint density at radius 1 is 1.00 bits per heavy atom. The summed E-state index contributed by atoms with van der Waals surface area (Å²) in [4.78, 5) is 0. The normalized spacial score (nSPS) is 24.6. The molecule has 144 valence electrons. The molecule has 1 aliphatic heterocycles. The van der Waals surface area contributed by atoms with Gasteiger partial charge in [-0.3, -0.25) is 0 Å². The fourth-order valence-corrected chi connectivity index (χ4v) is 24.2. The summed E-state index contributed by atoms with van der Waals surface area (Å²) in [6, 6.07) is 0. The van der Waals surface area contributed by atoms with E-state index in [2.05, 4.69) is 27.7 Å².